The third-order valence-electron chi connectivity index (χ3n) is 2.49. The number of rotatable bonds is 2. The molecule has 82 valence electrons. The lowest BCUT2D eigenvalue weighted by Gasteiger charge is -2.39. The second-order valence-corrected chi connectivity index (χ2v) is 4.38. The van der Waals surface area contributed by atoms with E-state index in [0.29, 0.717) is 26.1 Å². The standard InChI is InChI=1S/C10H20N2O2/c1-4-8(11)9(13)12-5-6-14-10(2,3)7-12/h8H,4-7,11H2,1-3H3/t8-/m1/s1. The highest BCUT2D eigenvalue weighted by Gasteiger charge is 2.31. The third-order valence-corrected chi connectivity index (χ3v) is 2.49. The Kier molecular flexibility index (Phi) is 3.50. The molecule has 0 bridgehead atoms. The van der Waals surface area contributed by atoms with Gasteiger partial charge in [0.25, 0.3) is 0 Å². The molecule has 0 aromatic carbocycles. The van der Waals surface area contributed by atoms with Crippen molar-refractivity contribution < 1.29 is 9.53 Å². The Hall–Kier alpha value is -0.610. The van der Waals surface area contributed by atoms with Gasteiger partial charge >= 0.3 is 0 Å². The Balaban J connectivity index is 2.56. The van der Waals surface area contributed by atoms with E-state index >= 15 is 0 Å². The van der Waals surface area contributed by atoms with Gasteiger partial charge in [-0.1, -0.05) is 6.92 Å². The number of ether oxygens (including phenoxy) is 1. The first-order chi connectivity index (χ1) is 6.46. The van der Waals surface area contributed by atoms with Gasteiger partial charge in [0, 0.05) is 13.1 Å². The highest BCUT2D eigenvalue weighted by atomic mass is 16.5. The quantitative estimate of drug-likeness (QED) is 0.700. The lowest BCUT2D eigenvalue weighted by Crippen LogP contribution is -2.54. The molecule has 14 heavy (non-hydrogen) atoms. The van der Waals surface area contributed by atoms with E-state index in [0.717, 1.165) is 0 Å². The Morgan fingerprint density at radius 1 is 1.64 bits per heavy atom. The average molecular weight is 200 g/mol. The Labute approximate surface area is 85.4 Å². The van der Waals surface area contributed by atoms with Crippen molar-refractivity contribution in [1.29, 1.82) is 0 Å². The fourth-order valence-electron chi connectivity index (χ4n) is 1.61. The van der Waals surface area contributed by atoms with Gasteiger partial charge in [-0.25, -0.2) is 0 Å². The second-order valence-electron chi connectivity index (χ2n) is 4.38. The van der Waals surface area contributed by atoms with Gasteiger partial charge in [-0.3, -0.25) is 4.79 Å². The molecule has 1 saturated heterocycles. The molecular formula is C10H20N2O2. The summed E-state index contributed by atoms with van der Waals surface area (Å²) in [6.45, 7) is 7.81. The van der Waals surface area contributed by atoms with Crippen molar-refractivity contribution in [3.8, 4) is 0 Å². The van der Waals surface area contributed by atoms with Gasteiger partial charge in [0.15, 0.2) is 0 Å². The van der Waals surface area contributed by atoms with Crippen LogP contribution < -0.4 is 5.73 Å². The molecule has 0 aliphatic carbocycles. The van der Waals surface area contributed by atoms with Crippen molar-refractivity contribution >= 4 is 5.91 Å². The predicted octanol–water partition coefficient (Wildman–Crippen LogP) is 0.361. The first-order valence-corrected chi connectivity index (χ1v) is 5.14. The topological polar surface area (TPSA) is 55.6 Å². The zero-order chi connectivity index (χ0) is 10.8. The number of hydrogen-bond donors (Lipinski definition) is 1. The van der Waals surface area contributed by atoms with Crippen LogP contribution in [-0.2, 0) is 9.53 Å². The van der Waals surface area contributed by atoms with Gasteiger partial charge in [-0.05, 0) is 20.3 Å². The first kappa shape index (κ1) is 11.5. The number of nitrogens with two attached hydrogens (primary N) is 1. The summed E-state index contributed by atoms with van der Waals surface area (Å²) in [4.78, 5) is 13.6. The smallest absolute Gasteiger partial charge is 0.239 e. The zero-order valence-electron chi connectivity index (χ0n) is 9.25. The number of morpholine rings is 1. The summed E-state index contributed by atoms with van der Waals surface area (Å²) in [6, 6.07) is -0.358. The minimum absolute atomic E-state index is 0.0453. The highest BCUT2D eigenvalue weighted by molar-refractivity contribution is 5.81. The number of nitrogens with zero attached hydrogens (tertiary/aromatic N) is 1. The summed E-state index contributed by atoms with van der Waals surface area (Å²) in [5.41, 5.74) is 5.47. The van der Waals surface area contributed by atoms with Crippen LogP contribution in [0.3, 0.4) is 0 Å². The van der Waals surface area contributed by atoms with Crippen molar-refractivity contribution in [1.82, 2.24) is 4.90 Å². The minimum Gasteiger partial charge on any atom is -0.372 e. The maximum Gasteiger partial charge on any atom is 0.239 e. The van der Waals surface area contributed by atoms with E-state index in [4.69, 9.17) is 10.5 Å². The maximum atomic E-state index is 11.8. The summed E-state index contributed by atoms with van der Waals surface area (Å²) in [7, 11) is 0. The summed E-state index contributed by atoms with van der Waals surface area (Å²) in [5.74, 6) is 0.0453. The molecule has 1 aliphatic heterocycles. The number of amides is 1. The van der Waals surface area contributed by atoms with Crippen molar-refractivity contribution in [2.75, 3.05) is 19.7 Å². The number of carbonyl (C=O) groups is 1. The molecule has 0 aromatic rings. The van der Waals surface area contributed by atoms with E-state index in [2.05, 4.69) is 0 Å². The van der Waals surface area contributed by atoms with E-state index < -0.39 is 0 Å². The minimum atomic E-state index is -0.358. The third kappa shape index (κ3) is 2.69. The molecule has 0 unspecified atom stereocenters. The van der Waals surface area contributed by atoms with E-state index in [1.54, 1.807) is 4.90 Å². The van der Waals surface area contributed by atoms with Gasteiger partial charge in [-0.2, -0.15) is 0 Å². The lowest BCUT2D eigenvalue weighted by molar-refractivity contribution is -0.147. The summed E-state index contributed by atoms with van der Waals surface area (Å²) in [6.07, 6.45) is 0.691. The monoisotopic (exact) mass is 200 g/mol. The van der Waals surface area contributed by atoms with Gasteiger partial charge in [-0.15, -0.1) is 0 Å². The molecule has 1 rings (SSSR count). The van der Waals surface area contributed by atoms with Gasteiger partial charge < -0.3 is 15.4 Å². The van der Waals surface area contributed by atoms with Crippen LogP contribution in [0, 0.1) is 0 Å². The number of carbonyl (C=O) groups excluding carboxylic acids is 1. The second kappa shape index (κ2) is 4.28. The van der Waals surface area contributed by atoms with E-state index in [-0.39, 0.29) is 17.6 Å². The Morgan fingerprint density at radius 2 is 2.29 bits per heavy atom. The first-order valence-electron chi connectivity index (χ1n) is 5.14. The Morgan fingerprint density at radius 3 is 2.79 bits per heavy atom. The predicted molar refractivity (Wildman–Crippen MR) is 54.9 cm³/mol. The molecular weight excluding hydrogens is 180 g/mol. The van der Waals surface area contributed by atoms with Gasteiger partial charge in [0.1, 0.15) is 0 Å². The molecule has 1 atom stereocenters. The number of hydrogen-bond acceptors (Lipinski definition) is 3. The van der Waals surface area contributed by atoms with Crippen LogP contribution >= 0.6 is 0 Å². The molecule has 1 amide bonds. The molecule has 0 saturated carbocycles. The largest absolute Gasteiger partial charge is 0.372 e. The van der Waals surface area contributed by atoms with E-state index in [1.807, 2.05) is 20.8 Å². The van der Waals surface area contributed by atoms with Crippen LogP contribution in [0.5, 0.6) is 0 Å². The van der Waals surface area contributed by atoms with Crippen molar-refractivity contribution in [3.63, 3.8) is 0 Å². The zero-order valence-corrected chi connectivity index (χ0v) is 9.25. The van der Waals surface area contributed by atoms with Crippen LogP contribution in [0.15, 0.2) is 0 Å². The van der Waals surface area contributed by atoms with E-state index in [1.165, 1.54) is 0 Å². The molecule has 0 spiro atoms. The molecule has 4 nitrogen and oxygen atoms in total. The van der Waals surface area contributed by atoms with Crippen molar-refractivity contribution in [3.05, 3.63) is 0 Å². The van der Waals surface area contributed by atoms with Gasteiger partial charge in [0.2, 0.25) is 5.91 Å². The molecule has 1 aliphatic rings. The fraction of sp³-hybridized carbons (Fsp3) is 0.900. The SMILES string of the molecule is CC[C@@H](N)C(=O)N1CCOC(C)(C)C1. The average Bonchev–Trinajstić information content (AvgIpc) is 2.14. The molecule has 2 N–H and O–H groups in total. The Bertz CT molecular complexity index is 216. The van der Waals surface area contributed by atoms with Crippen molar-refractivity contribution in [2.45, 2.75) is 38.8 Å². The summed E-state index contributed by atoms with van der Waals surface area (Å²) >= 11 is 0. The van der Waals surface area contributed by atoms with Crippen LogP contribution in [-0.4, -0.2) is 42.1 Å². The molecule has 1 fully saturated rings. The van der Waals surface area contributed by atoms with Crippen molar-refractivity contribution in [2.24, 2.45) is 5.73 Å². The molecule has 0 radical (unpaired) electrons. The van der Waals surface area contributed by atoms with Crippen LogP contribution in [0.4, 0.5) is 0 Å². The van der Waals surface area contributed by atoms with Crippen LogP contribution in [0.2, 0.25) is 0 Å². The molecule has 0 aromatic heterocycles. The maximum absolute atomic E-state index is 11.8. The summed E-state index contributed by atoms with van der Waals surface area (Å²) in [5, 5.41) is 0. The van der Waals surface area contributed by atoms with Crippen LogP contribution in [0.25, 0.3) is 0 Å². The van der Waals surface area contributed by atoms with Gasteiger partial charge in [0.05, 0.1) is 18.2 Å². The summed E-state index contributed by atoms with van der Waals surface area (Å²) < 4.78 is 5.52. The van der Waals surface area contributed by atoms with Crippen LogP contribution in [0.1, 0.15) is 27.2 Å². The molecule has 1 heterocycles. The lowest BCUT2D eigenvalue weighted by atomic mass is 10.1. The van der Waals surface area contributed by atoms with E-state index in [9.17, 15) is 4.79 Å². The highest BCUT2D eigenvalue weighted by Crippen LogP contribution is 2.17. The fourth-order valence-corrected chi connectivity index (χ4v) is 1.61. The normalized spacial score (nSPS) is 23.3. The molecule has 4 heteroatoms.